The van der Waals surface area contributed by atoms with Gasteiger partial charge in [-0.1, -0.05) is 15.9 Å². The zero-order valence-electron chi connectivity index (χ0n) is 11.9. The molecule has 3 N–H and O–H groups in total. The van der Waals surface area contributed by atoms with E-state index in [1.165, 1.54) is 0 Å². The normalized spacial score (nSPS) is 13.4. The minimum Gasteiger partial charge on any atom is -0.377 e. The SMILES string of the molecule is CCOC(C)CNS(=O)(=O)c1cc(CN)cc(Br)c1C. The van der Waals surface area contributed by atoms with Gasteiger partial charge in [-0.05, 0) is 44.0 Å². The fourth-order valence-corrected chi connectivity index (χ4v) is 3.82. The van der Waals surface area contributed by atoms with Crippen LogP contribution in [0, 0.1) is 6.92 Å². The van der Waals surface area contributed by atoms with Crippen molar-refractivity contribution in [3.05, 3.63) is 27.7 Å². The molecule has 0 fully saturated rings. The Kier molecular flexibility index (Phi) is 6.60. The first-order valence-corrected chi connectivity index (χ1v) is 8.69. The Bertz CT molecular complexity index is 561. The van der Waals surface area contributed by atoms with Gasteiger partial charge in [-0.2, -0.15) is 0 Å². The second kappa shape index (κ2) is 7.51. The van der Waals surface area contributed by atoms with E-state index < -0.39 is 10.0 Å². The van der Waals surface area contributed by atoms with Gasteiger partial charge in [-0.3, -0.25) is 0 Å². The fourth-order valence-electron chi connectivity index (χ4n) is 1.75. The molecule has 20 heavy (non-hydrogen) atoms. The van der Waals surface area contributed by atoms with Gasteiger partial charge >= 0.3 is 0 Å². The van der Waals surface area contributed by atoms with Crippen LogP contribution in [0.2, 0.25) is 0 Å². The predicted octanol–water partition coefficient (Wildman–Crippen LogP) is 1.92. The first kappa shape index (κ1) is 17.6. The Hall–Kier alpha value is -0.470. The third-order valence-electron chi connectivity index (χ3n) is 2.89. The van der Waals surface area contributed by atoms with E-state index in [0.29, 0.717) is 12.2 Å². The molecule has 0 bridgehead atoms. The molecule has 0 aliphatic heterocycles. The summed E-state index contributed by atoms with van der Waals surface area (Å²) in [5.74, 6) is 0. The van der Waals surface area contributed by atoms with Gasteiger partial charge in [0.25, 0.3) is 0 Å². The summed E-state index contributed by atoms with van der Waals surface area (Å²) in [4.78, 5) is 0.246. The Balaban J connectivity index is 3.00. The number of ether oxygens (including phenoxy) is 1. The minimum absolute atomic E-state index is 0.170. The second-order valence-corrected chi connectivity index (χ2v) is 7.11. The number of halogens is 1. The Morgan fingerprint density at radius 2 is 2.10 bits per heavy atom. The first-order valence-electron chi connectivity index (χ1n) is 6.42. The largest absolute Gasteiger partial charge is 0.377 e. The highest BCUT2D eigenvalue weighted by atomic mass is 79.9. The zero-order chi connectivity index (χ0) is 15.3. The third kappa shape index (κ3) is 4.53. The first-order chi connectivity index (χ1) is 9.31. The number of hydrogen-bond acceptors (Lipinski definition) is 4. The van der Waals surface area contributed by atoms with Crippen molar-refractivity contribution in [3.63, 3.8) is 0 Å². The Labute approximate surface area is 129 Å². The fraction of sp³-hybridized carbons (Fsp3) is 0.538. The van der Waals surface area contributed by atoms with Gasteiger partial charge in [-0.25, -0.2) is 13.1 Å². The molecule has 1 atom stereocenters. The molecule has 1 aromatic rings. The highest BCUT2D eigenvalue weighted by Gasteiger charge is 2.20. The van der Waals surface area contributed by atoms with E-state index in [9.17, 15) is 8.42 Å². The monoisotopic (exact) mass is 364 g/mol. The van der Waals surface area contributed by atoms with E-state index in [1.807, 2.05) is 19.9 Å². The second-order valence-electron chi connectivity index (χ2n) is 4.52. The van der Waals surface area contributed by atoms with E-state index in [-0.39, 0.29) is 24.1 Å². The van der Waals surface area contributed by atoms with Crippen LogP contribution in [0.25, 0.3) is 0 Å². The van der Waals surface area contributed by atoms with Crippen LogP contribution in [0.1, 0.15) is 25.0 Å². The maximum atomic E-state index is 12.4. The van der Waals surface area contributed by atoms with Gasteiger partial charge in [0.05, 0.1) is 11.0 Å². The Morgan fingerprint density at radius 3 is 2.65 bits per heavy atom. The number of nitrogens with one attached hydrogen (secondary N) is 1. The molecule has 1 rings (SSSR count). The van der Waals surface area contributed by atoms with Crippen LogP contribution < -0.4 is 10.5 Å². The molecule has 1 unspecified atom stereocenters. The molecule has 0 saturated carbocycles. The lowest BCUT2D eigenvalue weighted by Crippen LogP contribution is -2.32. The highest BCUT2D eigenvalue weighted by Crippen LogP contribution is 2.25. The van der Waals surface area contributed by atoms with Gasteiger partial charge in [0.15, 0.2) is 0 Å². The maximum absolute atomic E-state index is 12.4. The smallest absolute Gasteiger partial charge is 0.240 e. The van der Waals surface area contributed by atoms with Gasteiger partial charge < -0.3 is 10.5 Å². The molecule has 0 amide bonds. The van der Waals surface area contributed by atoms with Crippen LogP contribution in [0.3, 0.4) is 0 Å². The van der Waals surface area contributed by atoms with Crippen LogP contribution in [0.4, 0.5) is 0 Å². The minimum atomic E-state index is -3.57. The third-order valence-corrected chi connectivity index (χ3v) is 5.27. The molecular weight excluding hydrogens is 344 g/mol. The summed E-state index contributed by atoms with van der Waals surface area (Å²) in [5.41, 5.74) is 7.02. The van der Waals surface area contributed by atoms with Crippen molar-refractivity contribution in [1.82, 2.24) is 4.72 Å². The lowest BCUT2D eigenvalue weighted by molar-refractivity contribution is 0.0799. The van der Waals surface area contributed by atoms with Gasteiger partial charge in [0.2, 0.25) is 10.0 Å². The number of hydrogen-bond donors (Lipinski definition) is 2. The van der Waals surface area contributed by atoms with Crippen molar-refractivity contribution in [3.8, 4) is 0 Å². The topological polar surface area (TPSA) is 81.4 Å². The molecule has 114 valence electrons. The maximum Gasteiger partial charge on any atom is 0.240 e. The summed E-state index contributed by atoms with van der Waals surface area (Å²) in [6.07, 6.45) is -0.170. The van der Waals surface area contributed by atoms with E-state index in [1.54, 1.807) is 13.0 Å². The molecule has 0 aliphatic rings. The zero-order valence-corrected chi connectivity index (χ0v) is 14.3. The van der Waals surface area contributed by atoms with Crippen molar-refractivity contribution >= 4 is 26.0 Å². The number of rotatable bonds is 7. The average Bonchev–Trinajstić information content (AvgIpc) is 2.39. The predicted molar refractivity (Wildman–Crippen MR) is 83.0 cm³/mol. The van der Waals surface area contributed by atoms with Crippen molar-refractivity contribution in [1.29, 1.82) is 0 Å². The molecule has 5 nitrogen and oxygen atoms in total. The molecule has 1 aromatic carbocycles. The standard InChI is InChI=1S/C13H21BrN2O3S/c1-4-19-9(2)8-16-20(17,18)13-6-11(7-15)5-12(14)10(13)3/h5-6,9,16H,4,7-8,15H2,1-3H3. The van der Waals surface area contributed by atoms with Crippen molar-refractivity contribution in [2.75, 3.05) is 13.2 Å². The number of benzene rings is 1. The van der Waals surface area contributed by atoms with Crippen LogP contribution in [0.15, 0.2) is 21.5 Å². The molecule has 0 heterocycles. The molecule has 0 aromatic heterocycles. The molecule has 0 radical (unpaired) electrons. The van der Waals surface area contributed by atoms with Crippen LogP contribution >= 0.6 is 15.9 Å². The number of nitrogens with two attached hydrogens (primary N) is 1. The highest BCUT2D eigenvalue weighted by molar-refractivity contribution is 9.10. The van der Waals surface area contributed by atoms with Crippen LogP contribution in [-0.2, 0) is 21.3 Å². The summed E-state index contributed by atoms with van der Waals surface area (Å²) < 4.78 is 33.3. The van der Waals surface area contributed by atoms with Gasteiger partial charge in [-0.15, -0.1) is 0 Å². The van der Waals surface area contributed by atoms with Gasteiger partial charge in [0.1, 0.15) is 0 Å². The number of sulfonamides is 1. The summed E-state index contributed by atoms with van der Waals surface area (Å²) in [5, 5.41) is 0. The van der Waals surface area contributed by atoms with Crippen LogP contribution in [0.5, 0.6) is 0 Å². The van der Waals surface area contributed by atoms with Gasteiger partial charge in [0, 0.05) is 24.2 Å². The summed E-state index contributed by atoms with van der Waals surface area (Å²) in [6.45, 7) is 6.53. The van der Waals surface area contributed by atoms with E-state index in [4.69, 9.17) is 10.5 Å². The molecule has 7 heteroatoms. The molecular formula is C13H21BrN2O3S. The molecule has 0 saturated heterocycles. The summed E-state index contributed by atoms with van der Waals surface area (Å²) in [7, 11) is -3.57. The lowest BCUT2D eigenvalue weighted by Gasteiger charge is -2.15. The van der Waals surface area contributed by atoms with E-state index in [0.717, 1.165) is 10.0 Å². The van der Waals surface area contributed by atoms with Crippen molar-refractivity contribution in [2.45, 2.75) is 38.3 Å². The summed E-state index contributed by atoms with van der Waals surface area (Å²) >= 11 is 3.36. The molecule has 0 aliphatic carbocycles. The lowest BCUT2D eigenvalue weighted by atomic mass is 10.1. The quantitative estimate of drug-likeness (QED) is 0.774. The van der Waals surface area contributed by atoms with E-state index in [2.05, 4.69) is 20.7 Å². The average molecular weight is 365 g/mol. The van der Waals surface area contributed by atoms with E-state index >= 15 is 0 Å². The summed E-state index contributed by atoms with van der Waals surface area (Å²) in [6, 6.07) is 3.44. The van der Waals surface area contributed by atoms with Crippen molar-refractivity contribution in [2.24, 2.45) is 5.73 Å². The van der Waals surface area contributed by atoms with Crippen molar-refractivity contribution < 1.29 is 13.2 Å². The molecule has 0 spiro atoms. The Morgan fingerprint density at radius 1 is 1.45 bits per heavy atom. The van der Waals surface area contributed by atoms with Crippen LogP contribution in [-0.4, -0.2) is 27.7 Å².